The first kappa shape index (κ1) is 14.5. The standard InChI is InChI=1S/C14H18FN3O2/c1-10(2)16-7-13(19)17-8-14(20)18(9-17)12-5-3-11(15)4-6-12/h3-6,10,16H,7-9H2,1-2H3/p+1. The van der Waals surface area contributed by atoms with Gasteiger partial charge in [-0.25, -0.2) is 4.39 Å². The van der Waals surface area contributed by atoms with Gasteiger partial charge in [0.25, 0.3) is 5.91 Å². The molecule has 1 heterocycles. The van der Waals surface area contributed by atoms with Crippen LogP contribution < -0.4 is 10.2 Å². The number of hydrogen-bond acceptors (Lipinski definition) is 2. The molecule has 0 saturated carbocycles. The number of amides is 2. The normalized spacial score (nSPS) is 15.3. The number of quaternary nitrogens is 1. The summed E-state index contributed by atoms with van der Waals surface area (Å²) in [5.74, 6) is -0.550. The molecule has 20 heavy (non-hydrogen) atoms. The lowest BCUT2D eigenvalue weighted by Gasteiger charge is -2.18. The molecule has 1 aromatic rings. The van der Waals surface area contributed by atoms with Crippen LogP contribution in [-0.4, -0.2) is 42.5 Å². The van der Waals surface area contributed by atoms with Gasteiger partial charge in [0.05, 0.1) is 6.04 Å². The molecule has 6 heteroatoms. The Hall–Kier alpha value is -1.95. The van der Waals surface area contributed by atoms with Crippen LogP contribution in [0.1, 0.15) is 13.8 Å². The fraction of sp³-hybridized carbons (Fsp3) is 0.429. The lowest BCUT2D eigenvalue weighted by molar-refractivity contribution is -0.673. The number of nitrogens with two attached hydrogens (primary N) is 1. The average Bonchev–Trinajstić information content (AvgIpc) is 2.79. The van der Waals surface area contributed by atoms with Crippen molar-refractivity contribution in [3.8, 4) is 0 Å². The van der Waals surface area contributed by atoms with E-state index in [-0.39, 0.29) is 30.8 Å². The molecule has 0 aliphatic carbocycles. The average molecular weight is 280 g/mol. The SMILES string of the molecule is CC(C)[NH2+]CC(=O)N1CC(=O)N(c2ccc(F)cc2)C1. The van der Waals surface area contributed by atoms with Crippen molar-refractivity contribution >= 4 is 17.5 Å². The van der Waals surface area contributed by atoms with Crippen molar-refractivity contribution in [2.24, 2.45) is 0 Å². The van der Waals surface area contributed by atoms with Crippen LogP contribution in [0.3, 0.4) is 0 Å². The topological polar surface area (TPSA) is 57.2 Å². The van der Waals surface area contributed by atoms with E-state index in [2.05, 4.69) is 0 Å². The number of rotatable bonds is 4. The number of carbonyl (C=O) groups excluding carboxylic acids is 2. The van der Waals surface area contributed by atoms with E-state index in [1.807, 2.05) is 19.2 Å². The summed E-state index contributed by atoms with van der Waals surface area (Å²) in [5, 5.41) is 1.92. The fourth-order valence-electron chi connectivity index (χ4n) is 2.03. The molecular formula is C14H19FN3O2+. The molecule has 0 unspecified atom stereocenters. The van der Waals surface area contributed by atoms with Gasteiger partial charge in [0.15, 0.2) is 6.54 Å². The van der Waals surface area contributed by atoms with E-state index in [4.69, 9.17) is 0 Å². The summed E-state index contributed by atoms with van der Waals surface area (Å²) in [6.07, 6.45) is 0. The van der Waals surface area contributed by atoms with Crippen LogP contribution in [0.2, 0.25) is 0 Å². The highest BCUT2D eigenvalue weighted by atomic mass is 19.1. The van der Waals surface area contributed by atoms with E-state index in [1.54, 1.807) is 12.1 Å². The Kier molecular flexibility index (Phi) is 4.34. The lowest BCUT2D eigenvalue weighted by atomic mass is 10.3. The summed E-state index contributed by atoms with van der Waals surface area (Å²) in [5.41, 5.74) is 0.611. The molecule has 1 aromatic carbocycles. The molecule has 0 radical (unpaired) electrons. The van der Waals surface area contributed by atoms with Crippen LogP contribution in [-0.2, 0) is 9.59 Å². The third-order valence-corrected chi connectivity index (χ3v) is 3.19. The van der Waals surface area contributed by atoms with Crippen LogP contribution in [0.5, 0.6) is 0 Å². The van der Waals surface area contributed by atoms with Crippen LogP contribution in [0.4, 0.5) is 10.1 Å². The third-order valence-electron chi connectivity index (χ3n) is 3.19. The lowest BCUT2D eigenvalue weighted by Crippen LogP contribution is -2.90. The van der Waals surface area contributed by atoms with Crippen LogP contribution in [0, 0.1) is 5.82 Å². The first-order valence-electron chi connectivity index (χ1n) is 6.64. The molecule has 108 valence electrons. The number of carbonyl (C=O) groups is 2. The minimum Gasteiger partial charge on any atom is -0.336 e. The highest BCUT2D eigenvalue weighted by Gasteiger charge is 2.32. The fourth-order valence-corrected chi connectivity index (χ4v) is 2.03. The molecule has 2 N–H and O–H groups in total. The summed E-state index contributed by atoms with van der Waals surface area (Å²) in [6.45, 7) is 4.67. The van der Waals surface area contributed by atoms with Crippen molar-refractivity contribution in [3.63, 3.8) is 0 Å². The highest BCUT2D eigenvalue weighted by molar-refractivity contribution is 6.00. The number of halogens is 1. The monoisotopic (exact) mass is 280 g/mol. The Morgan fingerprint density at radius 1 is 1.35 bits per heavy atom. The van der Waals surface area contributed by atoms with Crippen molar-refractivity contribution in [3.05, 3.63) is 30.1 Å². The van der Waals surface area contributed by atoms with E-state index in [1.165, 1.54) is 21.9 Å². The first-order chi connectivity index (χ1) is 9.47. The summed E-state index contributed by atoms with van der Waals surface area (Å²) >= 11 is 0. The molecule has 1 aliphatic rings. The van der Waals surface area contributed by atoms with E-state index in [0.29, 0.717) is 18.3 Å². The number of benzene rings is 1. The maximum atomic E-state index is 12.9. The maximum Gasteiger partial charge on any atom is 0.279 e. The summed E-state index contributed by atoms with van der Waals surface area (Å²) < 4.78 is 12.9. The molecule has 1 aliphatic heterocycles. The number of hydrogen-bond donors (Lipinski definition) is 1. The second-order valence-electron chi connectivity index (χ2n) is 5.22. The number of anilines is 1. The van der Waals surface area contributed by atoms with Crippen molar-refractivity contribution in [2.75, 3.05) is 24.7 Å². The van der Waals surface area contributed by atoms with Crippen molar-refractivity contribution in [1.82, 2.24) is 4.90 Å². The van der Waals surface area contributed by atoms with E-state index in [0.717, 1.165) is 0 Å². The third kappa shape index (κ3) is 3.33. The van der Waals surface area contributed by atoms with E-state index < -0.39 is 0 Å². The van der Waals surface area contributed by atoms with Gasteiger partial charge >= 0.3 is 0 Å². The molecule has 1 fully saturated rings. The first-order valence-corrected chi connectivity index (χ1v) is 6.64. The van der Waals surface area contributed by atoms with Gasteiger partial charge < -0.3 is 10.2 Å². The molecule has 0 atom stereocenters. The molecule has 2 amide bonds. The van der Waals surface area contributed by atoms with Crippen LogP contribution in [0.15, 0.2) is 24.3 Å². The second kappa shape index (κ2) is 6.00. The zero-order chi connectivity index (χ0) is 14.7. The molecule has 5 nitrogen and oxygen atoms in total. The summed E-state index contributed by atoms with van der Waals surface area (Å²) in [4.78, 5) is 26.9. The molecule has 2 rings (SSSR count). The number of nitrogens with zero attached hydrogens (tertiary/aromatic N) is 2. The smallest absolute Gasteiger partial charge is 0.279 e. The van der Waals surface area contributed by atoms with Crippen LogP contribution in [0.25, 0.3) is 0 Å². The Morgan fingerprint density at radius 3 is 2.60 bits per heavy atom. The predicted molar refractivity (Wildman–Crippen MR) is 72.4 cm³/mol. The van der Waals surface area contributed by atoms with Crippen molar-refractivity contribution < 1.29 is 19.3 Å². The van der Waals surface area contributed by atoms with Gasteiger partial charge in [-0.15, -0.1) is 0 Å². The van der Waals surface area contributed by atoms with Gasteiger partial charge in [-0.2, -0.15) is 0 Å². The molecule has 0 spiro atoms. The molecule has 1 saturated heterocycles. The van der Waals surface area contributed by atoms with Gasteiger partial charge in [-0.05, 0) is 38.1 Å². The van der Waals surface area contributed by atoms with Gasteiger partial charge in [-0.3, -0.25) is 14.5 Å². The zero-order valence-corrected chi connectivity index (χ0v) is 11.7. The van der Waals surface area contributed by atoms with Gasteiger partial charge in [0.2, 0.25) is 5.91 Å². The Morgan fingerprint density at radius 2 is 2.00 bits per heavy atom. The summed E-state index contributed by atoms with van der Waals surface area (Å²) in [6, 6.07) is 6.03. The second-order valence-corrected chi connectivity index (χ2v) is 5.22. The minimum atomic E-state index is -0.347. The molecule has 0 aromatic heterocycles. The van der Waals surface area contributed by atoms with Crippen molar-refractivity contribution in [1.29, 1.82) is 0 Å². The Labute approximate surface area is 117 Å². The molecule has 0 bridgehead atoms. The maximum absolute atomic E-state index is 12.9. The predicted octanol–water partition coefficient (Wildman–Crippen LogP) is -0.0698. The zero-order valence-electron chi connectivity index (χ0n) is 11.7. The summed E-state index contributed by atoms with van der Waals surface area (Å²) in [7, 11) is 0. The molecular weight excluding hydrogens is 261 g/mol. The van der Waals surface area contributed by atoms with E-state index in [9.17, 15) is 14.0 Å². The quantitative estimate of drug-likeness (QED) is 0.839. The largest absolute Gasteiger partial charge is 0.336 e. The van der Waals surface area contributed by atoms with Crippen LogP contribution >= 0.6 is 0 Å². The Balaban J connectivity index is 2.00. The minimum absolute atomic E-state index is 0.0586. The van der Waals surface area contributed by atoms with E-state index >= 15 is 0 Å². The van der Waals surface area contributed by atoms with Gasteiger partial charge in [0, 0.05) is 5.69 Å². The highest BCUT2D eigenvalue weighted by Crippen LogP contribution is 2.19. The van der Waals surface area contributed by atoms with Crippen molar-refractivity contribution in [2.45, 2.75) is 19.9 Å². The van der Waals surface area contributed by atoms with Gasteiger partial charge in [0.1, 0.15) is 19.0 Å². The van der Waals surface area contributed by atoms with Gasteiger partial charge in [-0.1, -0.05) is 0 Å². The Bertz CT molecular complexity index is 502.